The third kappa shape index (κ3) is 6.49. The highest BCUT2D eigenvalue weighted by Gasteiger charge is 2.32. The zero-order valence-electron chi connectivity index (χ0n) is 14.9. The molecule has 0 spiro atoms. The third-order valence-corrected chi connectivity index (χ3v) is 4.15. The van der Waals surface area contributed by atoms with E-state index in [9.17, 15) is 13.2 Å². The van der Waals surface area contributed by atoms with E-state index in [-0.39, 0.29) is 23.5 Å². The average Bonchev–Trinajstić information content (AvgIpc) is 2.67. The van der Waals surface area contributed by atoms with E-state index in [1.54, 1.807) is 6.07 Å². The van der Waals surface area contributed by atoms with E-state index in [2.05, 4.69) is 20.0 Å². The maximum absolute atomic E-state index is 12.4. The number of anilines is 1. The first kappa shape index (κ1) is 22.7. The highest BCUT2D eigenvalue weighted by molar-refractivity contribution is 6.32. The molecule has 0 aliphatic heterocycles. The lowest BCUT2D eigenvalue weighted by atomic mass is 10.1. The van der Waals surface area contributed by atoms with Gasteiger partial charge in [0.25, 0.3) is 0 Å². The number of benzene rings is 2. The maximum Gasteiger partial charge on any atom is 0.573 e. The number of nitrogens with zero attached hydrogens (tertiary/aromatic N) is 2. The second-order valence-electron chi connectivity index (χ2n) is 5.88. The van der Waals surface area contributed by atoms with E-state index >= 15 is 0 Å². The highest BCUT2D eigenvalue weighted by Crippen LogP contribution is 2.33. The molecular formula is C19H17Cl2F3N4O. The van der Waals surface area contributed by atoms with Crippen molar-refractivity contribution >= 4 is 29.8 Å². The van der Waals surface area contributed by atoms with Crippen molar-refractivity contribution in [3.63, 3.8) is 0 Å². The molecule has 5 nitrogen and oxygen atoms in total. The van der Waals surface area contributed by atoms with Gasteiger partial charge >= 0.3 is 6.36 Å². The van der Waals surface area contributed by atoms with Crippen molar-refractivity contribution in [2.45, 2.75) is 12.4 Å². The van der Waals surface area contributed by atoms with Gasteiger partial charge < -0.3 is 15.8 Å². The summed E-state index contributed by atoms with van der Waals surface area (Å²) in [4.78, 5) is 8.27. The Labute approximate surface area is 176 Å². The summed E-state index contributed by atoms with van der Waals surface area (Å²) in [6, 6.07) is 15.0. The molecule has 1 aromatic heterocycles. The van der Waals surface area contributed by atoms with E-state index in [1.807, 2.05) is 30.3 Å². The number of aromatic nitrogens is 2. The minimum Gasteiger partial charge on any atom is -0.404 e. The van der Waals surface area contributed by atoms with Crippen LogP contribution in [0.25, 0.3) is 11.3 Å². The Morgan fingerprint density at radius 2 is 1.79 bits per heavy atom. The molecule has 154 valence electrons. The fourth-order valence-corrected chi connectivity index (χ4v) is 2.73. The zero-order valence-corrected chi connectivity index (χ0v) is 16.4. The molecule has 3 N–H and O–H groups in total. The maximum atomic E-state index is 12.4. The Kier molecular flexibility index (Phi) is 7.66. The van der Waals surface area contributed by atoms with Crippen molar-refractivity contribution in [2.24, 2.45) is 5.73 Å². The second-order valence-corrected chi connectivity index (χ2v) is 6.29. The molecule has 0 aliphatic rings. The van der Waals surface area contributed by atoms with Gasteiger partial charge in [0.1, 0.15) is 17.9 Å². The van der Waals surface area contributed by atoms with Crippen LogP contribution in [-0.4, -0.2) is 22.9 Å². The predicted octanol–water partition coefficient (Wildman–Crippen LogP) is 5.23. The van der Waals surface area contributed by atoms with Crippen LogP contribution in [0.4, 0.5) is 19.0 Å². The Balaban J connectivity index is 0.00000300. The summed E-state index contributed by atoms with van der Waals surface area (Å²) >= 11 is 5.90. The minimum atomic E-state index is -4.81. The summed E-state index contributed by atoms with van der Waals surface area (Å²) in [5.41, 5.74) is 8.15. The number of alkyl halides is 3. The first-order chi connectivity index (χ1) is 13.3. The molecular weight excluding hydrogens is 428 g/mol. The molecule has 0 saturated carbocycles. The van der Waals surface area contributed by atoms with Crippen LogP contribution in [0, 0.1) is 0 Å². The molecule has 10 heteroatoms. The Hall–Kier alpha value is -2.55. The lowest BCUT2D eigenvalue weighted by Crippen LogP contribution is -2.20. The van der Waals surface area contributed by atoms with Gasteiger partial charge in [0.05, 0.1) is 10.7 Å². The van der Waals surface area contributed by atoms with Gasteiger partial charge in [-0.3, -0.25) is 0 Å². The van der Waals surface area contributed by atoms with Crippen molar-refractivity contribution in [3.8, 4) is 17.0 Å². The van der Waals surface area contributed by atoms with Crippen molar-refractivity contribution in [1.29, 1.82) is 0 Å². The SMILES string of the molecule is Cl.N[C@@H](CNc1cc(-c2ccc(OC(F)(F)F)c(Cl)c2)ncn1)c1ccccc1. The lowest BCUT2D eigenvalue weighted by Gasteiger charge is -2.14. The van der Waals surface area contributed by atoms with Crippen LogP contribution in [0.1, 0.15) is 11.6 Å². The van der Waals surface area contributed by atoms with Gasteiger partial charge in [-0.15, -0.1) is 25.6 Å². The summed E-state index contributed by atoms with van der Waals surface area (Å²) in [5, 5.41) is 2.96. The normalized spacial score (nSPS) is 12.0. The molecule has 0 unspecified atom stereocenters. The van der Waals surface area contributed by atoms with Gasteiger partial charge in [0.15, 0.2) is 0 Å². The quantitative estimate of drug-likeness (QED) is 0.544. The van der Waals surface area contributed by atoms with Crippen molar-refractivity contribution in [3.05, 3.63) is 71.5 Å². The molecule has 3 rings (SSSR count). The Morgan fingerprint density at radius 1 is 1.07 bits per heavy atom. The minimum absolute atomic E-state index is 0. The fourth-order valence-electron chi connectivity index (χ4n) is 2.51. The van der Waals surface area contributed by atoms with Crippen LogP contribution in [-0.2, 0) is 0 Å². The molecule has 3 aromatic rings. The van der Waals surface area contributed by atoms with Crippen LogP contribution < -0.4 is 15.8 Å². The number of nitrogens with two attached hydrogens (primary N) is 1. The van der Waals surface area contributed by atoms with E-state index in [1.165, 1.54) is 18.5 Å². The lowest BCUT2D eigenvalue weighted by molar-refractivity contribution is -0.274. The smallest absolute Gasteiger partial charge is 0.404 e. The zero-order chi connectivity index (χ0) is 20.1. The molecule has 29 heavy (non-hydrogen) atoms. The molecule has 2 aromatic carbocycles. The van der Waals surface area contributed by atoms with Gasteiger partial charge in [-0.1, -0.05) is 41.9 Å². The number of halogens is 5. The van der Waals surface area contributed by atoms with E-state index in [4.69, 9.17) is 17.3 Å². The standard InChI is InChI=1S/C19H16ClF3N4O.ClH/c20-14-8-13(6-7-17(14)28-19(21,22)23)16-9-18(27-11-26-16)25-10-15(24)12-4-2-1-3-5-12;/h1-9,11,15H,10,24H2,(H,25,26,27);1H/t15-;/m0./s1. The first-order valence-electron chi connectivity index (χ1n) is 8.24. The number of nitrogens with one attached hydrogen (secondary N) is 1. The second kappa shape index (κ2) is 9.78. The molecule has 0 radical (unpaired) electrons. The third-order valence-electron chi connectivity index (χ3n) is 3.85. The summed E-state index contributed by atoms with van der Waals surface area (Å²) in [6.07, 6.45) is -3.46. The summed E-state index contributed by atoms with van der Waals surface area (Å²) in [5.74, 6) is 0.0577. The van der Waals surface area contributed by atoms with Crippen molar-refractivity contribution in [2.75, 3.05) is 11.9 Å². The van der Waals surface area contributed by atoms with Crippen LogP contribution in [0.2, 0.25) is 5.02 Å². The van der Waals surface area contributed by atoms with Crippen LogP contribution in [0.15, 0.2) is 60.9 Å². The molecule has 0 fully saturated rings. The van der Waals surface area contributed by atoms with Crippen molar-refractivity contribution in [1.82, 2.24) is 9.97 Å². The number of hydrogen-bond acceptors (Lipinski definition) is 5. The van der Waals surface area contributed by atoms with E-state index in [0.717, 1.165) is 11.6 Å². The summed E-state index contributed by atoms with van der Waals surface area (Å²) in [7, 11) is 0. The van der Waals surface area contributed by atoms with Crippen molar-refractivity contribution < 1.29 is 17.9 Å². The largest absolute Gasteiger partial charge is 0.573 e. The van der Waals surface area contributed by atoms with Crippen LogP contribution in [0.3, 0.4) is 0 Å². The molecule has 0 amide bonds. The first-order valence-corrected chi connectivity index (χ1v) is 8.62. The van der Waals surface area contributed by atoms with Crippen LogP contribution >= 0.6 is 24.0 Å². The monoisotopic (exact) mass is 444 g/mol. The molecule has 0 saturated heterocycles. The average molecular weight is 445 g/mol. The van der Waals surface area contributed by atoms with Gasteiger partial charge in [0, 0.05) is 24.2 Å². The summed E-state index contributed by atoms with van der Waals surface area (Å²) < 4.78 is 40.9. The molecule has 0 bridgehead atoms. The van der Waals surface area contributed by atoms with Gasteiger partial charge in [-0.2, -0.15) is 0 Å². The van der Waals surface area contributed by atoms with Gasteiger partial charge in [-0.25, -0.2) is 9.97 Å². The Bertz CT molecular complexity index is 942. The number of ether oxygens (including phenoxy) is 1. The van der Waals surface area contributed by atoms with Gasteiger partial charge in [0.2, 0.25) is 0 Å². The molecule has 1 atom stereocenters. The van der Waals surface area contributed by atoms with E-state index in [0.29, 0.717) is 23.6 Å². The van der Waals surface area contributed by atoms with Crippen LogP contribution in [0.5, 0.6) is 5.75 Å². The Morgan fingerprint density at radius 3 is 2.45 bits per heavy atom. The number of rotatable bonds is 6. The predicted molar refractivity (Wildman–Crippen MR) is 108 cm³/mol. The van der Waals surface area contributed by atoms with Gasteiger partial charge in [-0.05, 0) is 23.8 Å². The topological polar surface area (TPSA) is 73.1 Å². The highest BCUT2D eigenvalue weighted by atomic mass is 35.5. The summed E-state index contributed by atoms with van der Waals surface area (Å²) in [6.45, 7) is 0.444. The molecule has 1 heterocycles. The van der Waals surface area contributed by atoms with E-state index < -0.39 is 12.1 Å². The fraction of sp³-hybridized carbons (Fsp3) is 0.158. The molecule has 0 aliphatic carbocycles. The number of hydrogen-bond donors (Lipinski definition) is 2.